The van der Waals surface area contributed by atoms with Crippen molar-refractivity contribution in [3.05, 3.63) is 62.6 Å². The van der Waals surface area contributed by atoms with Crippen LogP contribution in [0.25, 0.3) is 0 Å². The Labute approximate surface area is 176 Å². The van der Waals surface area contributed by atoms with Crippen LogP contribution in [0.15, 0.2) is 29.1 Å². The smallest absolute Gasteiger partial charge is 0.267 e. The van der Waals surface area contributed by atoms with Gasteiger partial charge in [0.1, 0.15) is 0 Å². The molecule has 160 valence electrons. The number of H-pyrrole nitrogens is 1. The van der Waals surface area contributed by atoms with Gasteiger partial charge in [-0.2, -0.15) is 5.10 Å². The van der Waals surface area contributed by atoms with Gasteiger partial charge in [0.05, 0.1) is 18.9 Å². The fourth-order valence-corrected chi connectivity index (χ4v) is 4.32. The van der Waals surface area contributed by atoms with Crippen molar-refractivity contribution in [2.75, 3.05) is 39.4 Å². The Morgan fingerprint density at radius 1 is 1.17 bits per heavy atom. The third-order valence-corrected chi connectivity index (χ3v) is 5.98. The minimum Gasteiger partial charge on any atom is -0.379 e. The number of carbonyl (C=O) groups excluding carboxylic acids is 1. The Hall–Kier alpha value is -2.51. The Kier molecular flexibility index (Phi) is 6.92. The van der Waals surface area contributed by atoms with Gasteiger partial charge in [-0.1, -0.05) is 12.1 Å². The average Bonchev–Trinajstić information content (AvgIpc) is 2.79. The predicted molar refractivity (Wildman–Crippen MR) is 115 cm³/mol. The number of nitrogens with one attached hydrogen (secondary N) is 2. The predicted octanol–water partition coefficient (Wildman–Crippen LogP) is 1.69. The van der Waals surface area contributed by atoms with Gasteiger partial charge >= 0.3 is 0 Å². The Bertz CT molecular complexity index is 934. The molecule has 2 N–H and O–H groups in total. The lowest BCUT2D eigenvalue weighted by Crippen LogP contribution is -2.38. The van der Waals surface area contributed by atoms with E-state index < -0.39 is 0 Å². The van der Waals surface area contributed by atoms with Gasteiger partial charge in [-0.15, -0.1) is 0 Å². The normalized spacial score (nSPS) is 16.8. The first-order valence-electron chi connectivity index (χ1n) is 11.0. The van der Waals surface area contributed by atoms with Crippen LogP contribution in [0, 0.1) is 0 Å². The molecule has 1 saturated heterocycles. The maximum absolute atomic E-state index is 12.6. The molecule has 0 spiro atoms. The van der Waals surface area contributed by atoms with E-state index in [1.807, 2.05) is 24.3 Å². The van der Waals surface area contributed by atoms with Gasteiger partial charge in [-0.3, -0.25) is 14.5 Å². The summed E-state index contributed by atoms with van der Waals surface area (Å²) in [6, 6.07) is 7.70. The fourth-order valence-electron chi connectivity index (χ4n) is 4.32. The number of fused-ring (bicyclic) bond motifs is 1. The molecule has 30 heavy (non-hydrogen) atoms. The number of ether oxygens (including phenoxy) is 1. The van der Waals surface area contributed by atoms with Crippen LogP contribution in [-0.4, -0.2) is 60.4 Å². The number of hydrogen-bond donors (Lipinski definition) is 2. The first kappa shape index (κ1) is 20.8. The Morgan fingerprint density at radius 2 is 1.97 bits per heavy atom. The zero-order chi connectivity index (χ0) is 20.8. The lowest BCUT2D eigenvalue weighted by Gasteiger charge is -2.26. The van der Waals surface area contributed by atoms with Gasteiger partial charge in [0.25, 0.3) is 11.5 Å². The fraction of sp³-hybridized carbons (Fsp3) is 0.522. The summed E-state index contributed by atoms with van der Waals surface area (Å²) >= 11 is 0. The van der Waals surface area contributed by atoms with Gasteiger partial charge < -0.3 is 10.1 Å². The van der Waals surface area contributed by atoms with Crippen molar-refractivity contribution in [2.24, 2.45) is 0 Å². The molecule has 2 heterocycles. The molecule has 0 unspecified atom stereocenters. The van der Waals surface area contributed by atoms with E-state index in [0.29, 0.717) is 18.5 Å². The third-order valence-electron chi connectivity index (χ3n) is 5.98. The van der Waals surface area contributed by atoms with E-state index in [1.54, 1.807) is 0 Å². The number of aromatic nitrogens is 2. The quantitative estimate of drug-likeness (QED) is 0.679. The van der Waals surface area contributed by atoms with E-state index in [2.05, 4.69) is 20.4 Å². The number of amides is 1. The lowest BCUT2D eigenvalue weighted by molar-refractivity contribution is 0.0374. The van der Waals surface area contributed by atoms with Crippen LogP contribution in [0.4, 0.5) is 0 Å². The SMILES string of the molecule is O=C(NCCCN1CCOCC1)c1cccc(Cc2n[nH]c(=O)c3c2CCCC3)c1. The number of aromatic amines is 1. The van der Waals surface area contributed by atoms with Crippen molar-refractivity contribution in [2.45, 2.75) is 38.5 Å². The zero-order valence-electron chi connectivity index (χ0n) is 17.4. The molecular weight excluding hydrogens is 380 g/mol. The molecule has 0 atom stereocenters. The summed E-state index contributed by atoms with van der Waals surface area (Å²) in [5, 5.41) is 9.99. The largest absolute Gasteiger partial charge is 0.379 e. The molecule has 4 rings (SSSR count). The number of hydrogen-bond acceptors (Lipinski definition) is 5. The molecule has 1 aromatic heterocycles. The second-order valence-corrected chi connectivity index (χ2v) is 8.10. The molecule has 1 fully saturated rings. The van der Waals surface area contributed by atoms with Gasteiger partial charge in [0.2, 0.25) is 0 Å². The summed E-state index contributed by atoms with van der Waals surface area (Å²) in [6.45, 7) is 5.18. The van der Waals surface area contributed by atoms with Gasteiger partial charge in [0.15, 0.2) is 0 Å². The molecule has 1 aliphatic heterocycles. The number of rotatable bonds is 7. The monoisotopic (exact) mass is 410 g/mol. The van der Waals surface area contributed by atoms with E-state index in [9.17, 15) is 9.59 Å². The standard InChI is InChI=1S/C23H30N4O3/c28-22(24-9-4-10-27-11-13-30-14-12-27)18-6-3-5-17(15-18)16-21-19-7-1-2-8-20(19)23(29)26-25-21/h3,5-6,15H,1-2,4,7-14,16H2,(H,24,28)(H,26,29). The number of morpholine rings is 1. The van der Waals surface area contributed by atoms with Crippen molar-refractivity contribution in [3.63, 3.8) is 0 Å². The van der Waals surface area contributed by atoms with Crippen molar-refractivity contribution in [3.8, 4) is 0 Å². The third kappa shape index (κ3) is 5.15. The van der Waals surface area contributed by atoms with E-state index in [4.69, 9.17) is 4.74 Å². The van der Waals surface area contributed by atoms with Gasteiger partial charge in [-0.05, 0) is 61.9 Å². The second kappa shape index (κ2) is 10.00. The summed E-state index contributed by atoms with van der Waals surface area (Å²) in [7, 11) is 0. The molecular formula is C23H30N4O3. The highest BCUT2D eigenvalue weighted by Crippen LogP contribution is 2.22. The van der Waals surface area contributed by atoms with Crippen LogP contribution < -0.4 is 10.9 Å². The topological polar surface area (TPSA) is 87.3 Å². The molecule has 1 aromatic carbocycles. The van der Waals surface area contributed by atoms with Crippen LogP contribution in [0.2, 0.25) is 0 Å². The number of benzene rings is 1. The maximum atomic E-state index is 12.6. The van der Waals surface area contributed by atoms with Crippen LogP contribution in [-0.2, 0) is 24.0 Å². The Morgan fingerprint density at radius 3 is 2.80 bits per heavy atom. The molecule has 2 aromatic rings. The highest BCUT2D eigenvalue weighted by atomic mass is 16.5. The second-order valence-electron chi connectivity index (χ2n) is 8.10. The molecule has 7 heteroatoms. The minimum absolute atomic E-state index is 0.0460. The lowest BCUT2D eigenvalue weighted by atomic mass is 9.90. The molecule has 0 saturated carbocycles. The number of nitrogens with zero attached hydrogens (tertiary/aromatic N) is 2. The van der Waals surface area contributed by atoms with Crippen LogP contribution in [0.3, 0.4) is 0 Å². The van der Waals surface area contributed by atoms with Crippen LogP contribution in [0.5, 0.6) is 0 Å². The van der Waals surface area contributed by atoms with E-state index >= 15 is 0 Å². The molecule has 1 aliphatic carbocycles. The van der Waals surface area contributed by atoms with Crippen LogP contribution >= 0.6 is 0 Å². The van der Waals surface area contributed by atoms with Crippen molar-refractivity contribution < 1.29 is 9.53 Å². The van der Waals surface area contributed by atoms with E-state index in [1.165, 1.54) is 0 Å². The van der Waals surface area contributed by atoms with Crippen molar-refractivity contribution >= 4 is 5.91 Å². The maximum Gasteiger partial charge on any atom is 0.267 e. The Balaban J connectivity index is 1.35. The first-order chi connectivity index (χ1) is 14.7. The van der Waals surface area contributed by atoms with Crippen LogP contribution in [0.1, 0.15) is 52.0 Å². The molecule has 0 bridgehead atoms. The zero-order valence-corrected chi connectivity index (χ0v) is 17.4. The summed E-state index contributed by atoms with van der Waals surface area (Å²) in [6.07, 6.45) is 5.44. The van der Waals surface area contributed by atoms with E-state index in [-0.39, 0.29) is 11.5 Å². The molecule has 1 amide bonds. The summed E-state index contributed by atoms with van der Waals surface area (Å²) in [5.41, 5.74) is 4.55. The summed E-state index contributed by atoms with van der Waals surface area (Å²) in [5.74, 6) is -0.0460. The highest BCUT2D eigenvalue weighted by molar-refractivity contribution is 5.94. The molecule has 2 aliphatic rings. The highest BCUT2D eigenvalue weighted by Gasteiger charge is 2.18. The number of carbonyl (C=O) groups is 1. The summed E-state index contributed by atoms with van der Waals surface area (Å²) < 4.78 is 5.36. The van der Waals surface area contributed by atoms with Gasteiger partial charge in [-0.25, -0.2) is 5.10 Å². The minimum atomic E-state index is -0.0568. The van der Waals surface area contributed by atoms with Crippen molar-refractivity contribution in [1.82, 2.24) is 20.4 Å². The van der Waals surface area contributed by atoms with Gasteiger partial charge in [0, 0.05) is 37.2 Å². The molecule has 7 nitrogen and oxygen atoms in total. The van der Waals surface area contributed by atoms with E-state index in [0.717, 1.165) is 87.3 Å². The summed E-state index contributed by atoms with van der Waals surface area (Å²) in [4.78, 5) is 27.0. The average molecular weight is 411 g/mol. The first-order valence-corrected chi connectivity index (χ1v) is 11.0. The van der Waals surface area contributed by atoms with Crippen molar-refractivity contribution in [1.29, 1.82) is 0 Å². The molecule has 0 radical (unpaired) electrons.